The fraction of sp³-hybridized carbons (Fsp3) is 0.613. The number of Topliss-reactive ketones (excluding diaryl/α,β-unsaturated/α-hetero) is 1. The molecule has 0 aromatic heterocycles. The third-order valence-corrected chi connectivity index (χ3v) is 10.6. The van der Waals surface area contributed by atoms with Crippen molar-refractivity contribution in [1.29, 1.82) is 0 Å². The number of hydrogen-bond acceptors (Lipinski definition) is 9. The summed E-state index contributed by atoms with van der Waals surface area (Å²) < 4.78 is 24.1. The predicted molar refractivity (Wildman–Crippen MR) is 147 cm³/mol. The van der Waals surface area contributed by atoms with Crippen LogP contribution < -0.4 is 0 Å². The lowest BCUT2D eigenvalue weighted by Crippen LogP contribution is -2.78. The number of benzene rings is 1. The quantitative estimate of drug-likeness (QED) is 0.242. The Hall–Kier alpha value is -2.75. The Morgan fingerprint density at radius 1 is 1.02 bits per heavy atom. The number of carbonyl (C=O) groups excluding carboxylic acids is 4. The zero-order valence-corrected chi connectivity index (χ0v) is 24.9. The molecule has 5 rings (SSSR count). The van der Waals surface area contributed by atoms with Gasteiger partial charge in [-0.25, -0.2) is 4.79 Å². The molecule has 1 N–H and O–H groups in total. The third-order valence-electron chi connectivity index (χ3n) is 9.95. The van der Waals surface area contributed by atoms with E-state index in [9.17, 15) is 24.3 Å². The van der Waals surface area contributed by atoms with Gasteiger partial charge < -0.3 is 24.1 Å². The van der Waals surface area contributed by atoms with Gasteiger partial charge in [-0.2, -0.15) is 0 Å². The molecule has 41 heavy (non-hydrogen) atoms. The summed E-state index contributed by atoms with van der Waals surface area (Å²) in [4.78, 5) is 53.5. The number of aliphatic hydroxyl groups excluding tert-OH is 1. The smallest absolute Gasteiger partial charge is 0.338 e. The van der Waals surface area contributed by atoms with Crippen molar-refractivity contribution in [2.24, 2.45) is 22.7 Å². The maximum atomic E-state index is 14.8. The number of halogens is 1. The Labute approximate surface area is 244 Å². The largest absolute Gasteiger partial charge is 0.458 e. The van der Waals surface area contributed by atoms with Gasteiger partial charge in [-0.1, -0.05) is 39.0 Å². The maximum absolute atomic E-state index is 14.8. The number of rotatable bonds is 4. The lowest BCUT2D eigenvalue weighted by Gasteiger charge is -2.66. The number of esters is 3. The molecule has 3 aliphatic carbocycles. The fourth-order valence-electron chi connectivity index (χ4n) is 7.94. The number of ketones is 1. The summed E-state index contributed by atoms with van der Waals surface area (Å²) in [6.45, 7) is 9.68. The molecule has 9 nitrogen and oxygen atoms in total. The summed E-state index contributed by atoms with van der Waals surface area (Å²) in [6, 6.07) is 8.48. The van der Waals surface area contributed by atoms with Crippen molar-refractivity contribution in [1.82, 2.24) is 0 Å². The summed E-state index contributed by atoms with van der Waals surface area (Å²) in [6.07, 6.45) is -3.63. The minimum atomic E-state index is -1.48. The molecule has 3 unspecified atom stereocenters. The van der Waals surface area contributed by atoms with Gasteiger partial charge in [0, 0.05) is 25.1 Å². The fourth-order valence-corrected chi connectivity index (χ4v) is 8.35. The Kier molecular flexibility index (Phi) is 7.40. The van der Waals surface area contributed by atoms with Crippen LogP contribution in [0.15, 0.2) is 41.5 Å². The van der Waals surface area contributed by atoms with Crippen molar-refractivity contribution in [3.63, 3.8) is 0 Å². The zero-order chi connectivity index (χ0) is 30.1. The van der Waals surface area contributed by atoms with Crippen LogP contribution in [0.3, 0.4) is 0 Å². The second-order valence-electron chi connectivity index (χ2n) is 12.6. The average molecular weight is 589 g/mol. The van der Waals surface area contributed by atoms with Crippen LogP contribution in [0.5, 0.6) is 0 Å². The van der Waals surface area contributed by atoms with Gasteiger partial charge >= 0.3 is 17.9 Å². The van der Waals surface area contributed by atoms with E-state index in [1.807, 2.05) is 13.8 Å². The first-order valence-corrected chi connectivity index (χ1v) is 14.4. The summed E-state index contributed by atoms with van der Waals surface area (Å²) in [5.74, 6) is -3.89. The second-order valence-corrected chi connectivity index (χ2v) is 13.1. The molecule has 1 aromatic rings. The van der Waals surface area contributed by atoms with Gasteiger partial charge in [-0.05, 0) is 48.5 Å². The van der Waals surface area contributed by atoms with Gasteiger partial charge in [0.2, 0.25) is 0 Å². The third kappa shape index (κ3) is 4.43. The lowest BCUT2D eigenvalue weighted by atomic mass is 9.46. The number of hydrogen-bond donors (Lipinski definition) is 1. The molecule has 2 saturated carbocycles. The molecule has 0 radical (unpaired) electrons. The Morgan fingerprint density at radius 3 is 2.24 bits per heavy atom. The van der Waals surface area contributed by atoms with Crippen LogP contribution in [0.2, 0.25) is 0 Å². The predicted octanol–water partition coefficient (Wildman–Crippen LogP) is 3.78. The van der Waals surface area contributed by atoms with E-state index >= 15 is 0 Å². The van der Waals surface area contributed by atoms with E-state index in [0.717, 1.165) is 0 Å². The van der Waals surface area contributed by atoms with Crippen LogP contribution in [-0.2, 0) is 33.3 Å². The van der Waals surface area contributed by atoms with E-state index in [2.05, 4.69) is 0 Å². The van der Waals surface area contributed by atoms with Gasteiger partial charge in [0.05, 0.1) is 29.6 Å². The van der Waals surface area contributed by atoms with Gasteiger partial charge in [0.1, 0.15) is 12.2 Å². The van der Waals surface area contributed by atoms with Crippen LogP contribution >= 0.6 is 11.6 Å². The van der Waals surface area contributed by atoms with Crippen LogP contribution in [0.4, 0.5) is 0 Å². The Bertz CT molecular complexity index is 1310. The molecule has 1 aromatic carbocycles. The molecule has 1 aliphatic heterocycles. The van der Waals surface area contributed by atoms with Gasteiger partial charge in [0.25, 0.3) is 0 Å². The van der Waals surface area contributed by atoms with Crippen LogP contribution in [-0.4, -0.2) is 70.8 Å². The highest BCUT2D eigenvalue weighted by Gasteiger charge is 2.75. The molecule has 3 fully saturated rings. The molecular formula is C31H37ClO9. The van der Waals surface area contributed by atoms with E-state index in [-0.39, 0.29) is 19.4 Å². The van der Waals surface area contributed by atoms with E-state index in [1.165, 1.54) is 13.8 Å². The van der Waals surface area contributed by atoms with E-state index < -0.39 is 81.8 Å². The van der Waals surface area contributed by atoms with Gasteiger partial charge in [-0.15, -0.1) is 11.6 Å². The zero-order valence-electron chi connectivity index (χ0n) is 24.1. The summed E-state index contributed by atoms with van der Waals surface area (Å²) in [7, 11) is 0. The van der Waals surface area contributed by atoms with Crippen molar-refractivity contribution in [3.05, 3.63) is 47.0 Å². The lowest BCUT2D eigenvalue weighted by molar-refractivity contribution is -0.319. The van der Waals surface area contributed by atoms with Crippen LogP contribution in [0, 0.1) is 22.7 Å². The first-order chi connectivity index (χ1) is 19.2. The van der Waals surface area contributed by atoms with E-state index in [1.54, 1.807) is 44.2 Å². The maximum Gasteiger partial charge on any atom is 0.338 e. The monoisotopic (exact) mass is 588 g/mol. The number of aliphatic hydroxyl groups is 1. The molecule has 0 spiro atoms. The summed E-state index contributed by atoms with van der Waals surface area (Å²) in [5.41, 5.74) is -2.40. The first-order valence-electron chi connectivity index (χ1n) is 14.0. The Balaban J connectivity index is 1.79. The second kappa shape index (κ2) is 10.2. The molecule has 222 valence electrons. The van der Waals surface area contributed by atoms with Crippen molar-refractivity contribution in [3.8, 4) is 0 Å². The molecule has 2 bridgehead atoms. The highest BCUT2D eigenvalue weighted by atomic mass is 35.5. The van der Waals surface area contributed by atoms with E-state index in [4.69, 9.17) is 30.5 Å². The highest BCUT2D eigenvalue weighted by Crippen LogP contribution is 2.64. The number of alkyl halides is 1. The number of carbonyl (C=O) groups is 4. The molecule has 4 aliphatic rings. The van der Waals surface area contributed by atoms with Crippen LogP contribution in [0.25, 0.3) is 0 Å². The normalized spacial score (nSPS) is 39.2. The first kappa shape index (κ1) is 29.7. The van der Waals surface area contributed by atoms with Crippen molar-refractivity contribution < 1.29 is 43.2 Å². The summed E-state index contributed by atoms with van der Waals surface area (Å²) >= 11 is 7.07. The average Bonchev–Trinajstić information content (AvgIpc) is 2.89. The highest BCUT2D eigenvalue weighted by molar-refractivity contribution is 6.23. The number of fused-ring (bicyclic) bond motifs is 5. The van der Waals surface area contributed by atoms with Crippen molar-refractivity contribution >= 4 is 35.3 Å². The van der Waals surface area contributed by atoms with Gasteiger partial charge in [0.15, 0.2) is 17.5 Å². The summed E-state index contributed by atoms with van der Waals surface area (Å²) in [5, 5.41) is 10.5. The van der Waals surface area contributed by atoms with Crippen LogP contribution in [0.1, 0.15) is 64.7 Å². The molecule has 1 saturated heterocycles. The Morgan fingerprint density at radius 2 is 1.68 bits per heavy atom. The molecule has 10 heteroatoms. The minimum Gasteiger partial charge on any atom is -0.458 e. The van der Waals surface area contributed by atoms with Crippen molar-refractivity contribution in [2.45, 2.75) is 89.8 Å². The topological polar surface area (TPSA) is 125 Å². The minimum absolute atomic E-state index is 0.0244. The van der Waals surface area contributed by atoms with Gasteiger partial charge in [-0.3, -0.25) is 14.4 Å². The molecular weight excluding hydrogens is 552 g/mol. The van der Waals surface area contributed by atoms with Crippen molar-refractivity contribution in [2.75, 3.05) is 6.61 Å². The number of ether oxygens (including phenoxy) is 4. The molecule has 0 amide bonds. The van der Waals surface area contributed by atoms with E-state index in [0.29, 0.717) is 16.7 Å². The standard InChI is InChI=1S/C31H37ClO9/c1-15-20(35)12-19-24(40-28(37)18-10-8-7-9-11-18)26-30(6,21(32)13-22-31(26,14-38-22)41-17(3)34)27(36)25(39-16(2)33)23(15)29(19,4)5/h7-11,19-22,24-26,35H,12-14H2,1-6H3/t19?,20-,21?,22+,24+,25+,26?,30+,31-/m0/s1. The molecule has 1 heterocycles. The SMILES string of the molecule is CC(=O)O[C@H]1C(=O)[C@]2(C)C(Cl)C[C@H]3OC[C@@]3(OC(C)=O)C2[C@H](OC(=O)c2ccccc2)C2C[C@H](O)C(C)=C1C2(C)C. The molecule has 9 atom stereocenters.